The van der Waals surface area contributed by atoms with Gasteiger partial charge in [0.25, 0.3) is 5.91 Å². The number of anilines is 1. The molecule has 4 rings (SSSR count). The van der Waals surface area contributed by atoms with Gasteiger partial charge in [-0.15, -0.1) is 0 Å². The van der Waals surface area contributed by atoms with Crippen LogP contribution in [0.2, 0.25) is 0 Å². The first-order valence-electron chi connectivity index (χ1n) is 10.2. The van der Waals surface area contributed by atoms with Crippen molar-refractivity contribution < 1.29 is 9.53 Å². The van der Waals surface area contributed by atoms with Gasteiger partial charge in [0.2, 0.25) is 5.88 Å². The van der Waals surface area contributed by atoms with Gasteiger partial charge in [-0.3, -0.25) is 4.79 Å². The fraction of sp³-hybridized carbons (Fsp3) is 0.115. The van der Waals surface area contributed by atoms with Gasteiger partial charge in [-0.05, 0) is 47.9 Å². The van der Waals surface area contributed by atoms with E-state index in [4.69, 9.17) is 4.74 Å². The van der Waals surface area contributed by atoms with Gasteiger partial charge in [0.1, 0.15) is 5.75 Å². The quantitative estimate of drug-likeness (QED) is 0.405. The van der Waals surface area contributed by atoms with Crippen molar-refractivity contribution in [1.29, 1.82) is 0 Å². The monoisotopic (exact) mass is 409 g/mol. The fourth-order valence-corrected chi connectivity index (χ4v) is 3.07. The molecule has 1 aromatic heterocycles. The molecule has 5 nitrogen and oxygen atoms in total. The van der Waals surface area contributed by atoms with Gasteiger partial charge >= 0.3 is 0 Å². The number of amides is 1. The smallest absolute Gasteiger partial charge is 0.255 e. The number of rotatable bonds is 6. The number of carbonyl (C=O) groups is 1. The van der Waals surface area contributed by atoms with E-state index in [1.807, 2.05) is 66.7 Å². The highest BCUT2D eigenvalue weighted by Gasteiger charge is 2.09. The maximum absolute atomic E-state index is 12.6. The largest absolute Gasteiger partial charge is 0.439 e. The normalized spacial score (nSPS) is 10.7. The number of hydrogen-bond acceptors (Lipinski definition) is 4. The minimum atomic E-state index is -0.161. The number of nitrogens with zero attached hydrogens (tertiary/aromatic N) is 2. The van der Waals surface area contributed by atoms with E-state index in [9.17, 15) is 4.79 Å². The molecular formula is C26H23N3O2. The van der Waals surface area contributed by atoms with Crippen molar-refractivity contribution in [3.8, 4) is 23.0 Å². The lowest BCUT2D eigenvalue weighted by Gasteiger charge is -2.09. The molecule has 0 unspecified atom stereocenters. The lowest BCUT2D eigenvalue weighted by atomic mass is 10.0. The Morgan fingerprint density at radius 2 is 1.58 bits per heavy atom. The average Bonchev–Trinajstić information content (AvgIpc) is 2.80. The van der Waals surface area contributed by atoms with Crippen LogP contribution in [0.15, 0.2) is 91.1 Å². The second-order valence-corrected chi connectivity index (χ2v) is 7.44. The Morgan fingerprint density at radius 3 is 2.26 bits per heavy atom. The van der Waals surface area contributed by atoms with Gasteiger partial charge in [0, 0.05) is 29.1 Å². The summed E-state index contributed by atoms with van der Waals surface area (Å²) >= 11 is 0. The molecule has 3 aromatic carbocycles. The van der Waals surface area contributed by atoms with Gasteiger partial charge in [0.05, 0.1) is 0 Å². The second kappa shape index (κ2) is 9.22. The van der Waals surface area contributed by atoms with Gasteiger partial charge in [0.15, 0.2) is 5.82 Å². The summed E-state index contributed by atoms with van der Waals surface area (Å²) < 4.78 is 5.78. The van der Waals surface area contributed by atoms with Gasteiger partial charge in [-0.25, -0.2) is 4.98 Å². The summed E-state index contributed by atoms with van der Waals surface area (Å²) in [6.45, 7) is 4.28. The van der Waals surface area contributed by atoms with Crippen LogP contribution in [0, 0.1) is 0 Å². The molecule has 0 bridgehead atoms. The zero-order chi connectivity index (χ0) is 21.6. The summed E-state index contributed by atoms with van der Waals surface area (Å²) in [5, 5.41) is 2.93. The molecule has 154 valence electrons. The highest BCUT2D eigenvalue weighted by atomic mass is 16.5. The predicted molar refractivity (Wildman–Crippen MR) is 122 cm³/mol. The Hall–Kier alpha value is -3.99. The Bertz CT molecular complexity index is 1160. The van der Waals surface area contributed by atoms with E-state index in [0.717, 1.165) is 11.3 Å². The van der Waals surface area contributed by atoms with Crippen molar-refractivity contribution in [3.05, 3.63) is 102 Å². The average molecular weight is 409 g/mol. The first-order valence-corrected chi connectivity index (χ1v) is 10.2. The number of hydrogen-bond donors (Lipinski definition) is 1. The molecule has 0 atom stereocenters. The molecule has 5 heteroatoms. The van der Waals surface area contributed by atoms with Crippen LogP contribution >= 0.6 is 0 Å². The van der Waals surface area contributed by atoms with Crippen molar-refractivity contribution in [2.75, 3.05) is 5.32 Å². The zero-order valence-electron chi connectivity index (χ0n) is 17.4. The molecule has 0 saturated heterocycles. The van der Waals surface area contributed by atoms with Crippen molar-refractivity contribution in [3.63, 3.8) is 0 Å². The molecule has 1 N–H and O–H groups in total. The molecule has 0 aliphatic carbocycles. The standard InChI is InChI=1S/C26H23N3O2/c1-18(2)19-12-14-22(15-13-19)28-26(30)21-10-8-20(9-11-21)25-27-17-16-24(29-25)31-23-6-4-3-5-7-23/h3-18H,1-2H3,(H,28,30). The third-order valence-electron chi connectivity index (χ3n) is 4.84. The Balaban J connectivity index is 1.45. The Kier molecular flexibility index (Phi) is 6.03. The highest BCUT2D eigenvalue weighted by Crippen LogP contribution is 2.23. The van der Waals surface area contributed by atoms with Crippen LogP contribution in [0.4, 0.5) is 5.69 Å². The lowest BCUT2D eigenvalue weighted by molar-refractivity contribution is 0.102. The predicted octanol–water partition coefficient (Wildman–Crippen LogP) is 6.31. The van der Waals surface area contributed by atoms with Crippen molar-refractivity contribution in [2.24, 2.45) is 0 Å². The van der Waals surface area contributed by atoms with E-state index < -0.39 is 0 Å². The number of nitrogens with one attached hydrogen (secondary N) is 1. The summed E-state index contributed by atoms with van der Waals surface area (Å²) in [4.78, 5) is 21.4. The minimum absolute atomic E-state index is 0.161. The van der Waals surface area contributed by atoms with Crippen LogP contribution in [-0.4, -0.2) is 15.9 Å². The summed E-state index contributed by atoms with van der Waals surface area (Å²) in [5.74, 6) is 2.00. The molecule has 0 aliphatic rings. The van der Waals surface area contributed by atoms with E-state index in [0.29, 0.717) is 28.9 Å². The van der Waals surface area contributed by atoms with E-state index in [2.05, 4.69) is 29.1 Å². The molecule has 31 heavy (non-hydrogen) atoms. The number of carbonyl (C=O) groups excluding carboxylic acids is 1. The minimum Gasteiger partial charge on any atom is -0.439 e. The van der Waals surface area contributed by atoms with Crippen LogP contribution in [0.3, 0.4) is 0 Å². The third-order valence-corrected chi connectivity index (χ3v) is 4.84. The molecule has 0 aliphatic heterocycles. The van der Waals surface area contributed by atoms with E-state index in [-0.39, 0.29) is 5.91 Å². The first-order chi connectivity index (χ1) is 15.1. The summed E-state index contributed by atoms with van der Waals surface area (Å²) in [6.07, 6.45) is 1.65. The number of benzene rings is 3. The lowest BCUT2D eigenvalue weighted by Crippen LogP contribution is -2.11. The molecule has 0 spiro atoms. The van der Waals surface area contributed by atoms with Gasteiger partial charge in [-0.1, -0.05) is 56.3 Å². The maximum atomic E-state index is 12.6. The fourth-order valence-electron chi connectivity index (χ4n) is 3.07. The topological polar surface area (TPSA) is 64.1 Å². The number of aromatic nitrogens is 2. The molecule has 1 amide bonds. The van der Waals surface area contributed by atoms with E-state index in [1.165, 1.54) is 5.56 Å². The van der Waals surface area contributed by atoms with Crippen LogP contribution < -0.4 is 10.1 Å². The van der Waals surface area contributed by atoms with E-state index >= 15 is 0 Å². The Morgan fingerprint density at radius 1 is 0.871 bits per heavy atom. The van der Waals surface area contributed by atoms with Crippen LogP contribution in [0.1, 0.15) is 35.7 Å². The third kappa shape index (κ3) is 5.14. The highest BCUT2D eigenvalue weighted by molar-refractivity contribution is 6.04. The summed E-state index contributed by atoms with van der Waals surface area (Å²) in [5.41, 5.74) is 3.37. The first kappa shape index (κ1) is 20.3. The van der Waals surface area contributed by atoms with Crippen molar-refractivity contribution >= 4 is 11.6 Å². The maximum Gasteiger partial charge on any atom is 0.255 e. The van der Waals surface area contributed by atoms with Crippen LogP contribution in [0.5, 0.6) is 11.6 Å². The summed E-state index contributed by atoms with van der Waals surface area (Å²) in [7, 11) is 0. The summed E-state index contributed by atoms with van der Waals surface area (Å²) in [6, 6.07) is 26.3. The van der Waals surface area contributed by atoms with Gasteiger partial charge < -0.3 is 10.1 Å². The number of para-hydroxylation sites is 1. The zero-order valence-corrected chi connectivity index (χ0v) is 17.4. The van der Waals surface area contributed by atoms with Crippen LogP contribution in [0.25, 0.3) is 11.4 Å². The Labute approximate surface area is 181 Å². The number of ether oxygens (including phenoxy) is 1. The molecule has 0 saturated carbocycles. The molecule has 1 heterocycles. The van der Waals surface area contributed by atoms with E-state index in [1.54, 1.807) is 24.4 Å². The van der Waals surface area contributed by atoms with Crippen molar-refractivity contribution in [1.82, 2.24) is 9.97 Å². The van der Waals surface area contributed by atoms with Crippen LogP contribution in [-0.2, 0) is 0 Å². The molecule has 4 aromatic rings. The molecule has 0 fully saturated rings. The molecule has 0 radical (unpaired) electrons. The van der Waals surface area contributed by atoms with Crippen molar-refractivity contribution in [2.45, 2.75) is 19.8 Å². The second-order valence-electron chi connectivity index (χ2n) is 7.44. The molecular weight excluding hydrogens is 386 g/mol. The van der Waals surface area contributed by atoms with Gasteiger partial charge in [-0.2, -0.15) is 4.98 Å². The SMILES string of the molecule is CC(C)c1ccc(NC(=O)c2ccc(-c3nccc(Oc4ccccc4)n3)cc2)cc1.